The zero-order chi connectivity index (χ0) is 13.3. The van der Waals surface area contributed by atoms with Gasteiger partial charge in [-0.1, -0.05) is 0 Å². The third-order valence-electron chi connectivity index (χ3n) is 2.67. The number of fused-ring (bicyclic) bond motifs is 1. The van der Waals surface area contributed by atoms with Crippen molar-refractivity contribution in [2.75, 3.05) is 6.54 Å². The van der Waals surface area contributed by atoms with Gasteiger partial charge in [0.2, 0.25) is 0 Å². The van der Waals surface area contributed by atoms with Gasteiger partial charge in [0.1, 0.15) is 0 Å². The van der Waals surface area contributed by atoms with Crippen LogP contribution in [0.1, 0.15) is 5.56 Å². The Morgan fingerprint density at radius 3 is 2.56 bits per heavy atom. The Hall–Kier alpha value is -1.82. The van der Waals surface area contributed by atoms with E-state index in [9.17, 15) is 18.0 Å². The number of nitrogens with zero attached hydrogens (tertiary/aromatic N) is 1. The Morgan fingerprint density at radius 2 is 1.94 bits per heavy atom. The topological polar surface area (TPSA) is 48.0 Å². The lowest BCUT2D eigenvalue weighted by molar-refractivity contribution is -0.137. The first kappa shape index (κ1) is 12.6. The fraction of sp³-hybridized carbons (Fsp3) is 0.250. The van der Waals surface area contributed by atoms with E-state index in [-0.39, 0.29) is 16.3 Å². The van der Waals surface area contributed by atoms with E-state index in [0.29, 0.717) is 13.1 Å². The number of benzene rings is 1. The van der Waals surface area contributed by atoms with Crippen LogP contribution in [0.25, 0.3) is 10.8 Å². The molecule has 2 aromatic rings. The minimum atomic E-state index is -4.40. The molecule has 0 aliphatic rings. The monoisotopic (exact) mass is 256 g/mol. The number of rotatable bonds is 2. The Balaban J connectivity index is 2.62. The van der Waals surface area contributed by atoms with Gasteiger partial charge in [-0.25, -0.2) is 0 Å². The van der Waals surface area contributed by atoms with Gasteiger partial charge in [-0.3, -0.25) is 4.79 Å². The van der Waals surface area contributed by atoms with Crippen LogP contribution in [-0.2, 0) is 12.7 Å². The van der Waals surface area contributed by atoms with E-state index < -0.39 is 11.7 Å². The van der Waals surface area contributed by atoms with Crippen LogP contribution in [0.2, 0.25) is 0 Å². The number of hydrogen-bond donors (Lipinski definition) is 1. The van der Waals surface area contributed by atoms with E-state index in [1.165, 1.54) is 22.9 Å². The number of nitrogens with two attached hydrogens (primary N) is 1. The first-order valence-electron chi connectivity index (χ1n) is 5.34. The first-order chi connectivity index (χ1) is 8.43. The number of pyridine rings is 1. The quantitative estimate of drug-likeness (QED) is 0.893. The lowest BCUT2D eigenvalue weighted by Gasteiger charge is -2.09. The third kappa shape index (κ3) is 2.24. The van der Waals surface area contributed by atoms with Gasteiger partial charge >= 0.3 is 6.18 Å². The Morgan fingerprint density at radius 1 is 1.22 bits per heavy atom. The van der Waals surface area contributed by atoms with Gasteiger partial charge in [0.25, 0.3) is 5.56 Å². The largest absolute Gasteiger partial charge is 0.416 e. The van der Waals surface area contributed by atoms with Gasteiger partial charge in [-0.2, -0.15) is 13.2 Å². The van der Waals surface area contributed by atoms with Gasteiger partial charge < -0.3 is 10.3 Å². The number of aromatic nitrogens is 1. The number of alkyl halides is 3. The molecular formula is C12H11F3N2O. The normalized spacial score (nSPS) is 12.0. The molecule has 2 rings (SSSR count). The molecule has 3 nitrogen and oxygen atoms in total. The smallest absolute Gasteiger partial charge is 0.329 e. The average molecular weight is 256 g/mol. The van der Waals surface area contributed by atoms with Crippen LogP contribution in [0.5, 0.6) is 0 Å². The fourth-order valence-corrected chi connectivity index (χ4v) is 1.78. The molecule has 1 aromatic carbocycles. The van der Waals surface area contributed by atoms with Crippen LogP contribution in [0.3, 0.4) is 0 Å². The third-order valence-corrected chi connectivity index (χ3v) is 2.67. The molecule has 0 saturated heterocycles. The van der Waals surface area contributed by atoms with Crippen molar-refractivity contribution in [2.24, 2.45) is 5.73 Å². The molecule has 1 aromatic heterocycles. The second kappa shape index (κ2) is 4.45. The molecular weight excluding hydrogens is 245 g/mol. The standard InChI is InChI=1S/C12H11F3N2O/c13-12(14,15)9-1-2-10-8(7-9)3-5-17(6-4-16)11(10)18/h1-3,5,7H,4,6,16H2. The highest BCUT2D eigenvalue weighted by Crippen LogP contribution is 2.30. The molecule has 6 heteroatoms. The van der Waals surface area contributed by atoms with Crippen LogP contribution >= 0.6 is 0 Å². The molecule has 0 bridgehead atoms. The van der Waals surface area contributed by atoms with Crippen molar-refractivity contribution in [3.8, 4) is 0 Å². The molecule has 0 fully saturated rings. The Kier molecular flexibility index (Phi) is 3.13. The van der Waals surface area contributed by atoms with Gasteiger partial charge in [-0.15, -0.1) is 0 Å². The van der Waals surface area contributed by atoms with Crippen LogP contribution in [0.4, 0.5) is 13.2 Å². The number of halogens is 3. The van der Waals surface area contributed by atoms with E-state index in [0.717, 1.165) is 12.1 Å². The second-order valence-corrected chi connectivity index (χ2v) is 3.90. The fourth-order valence-electron chi connectivity index (χ4n) is 1.78. The van der Waals surface area contributed by atoms with E-state index >= 15 is 0 Å². The van der Waals surface area contributed by atoms with Crippen LogP contribution in [0.15, 0.2) is 35.3 Å². The summed E-state index contributed by atoms with van der Waals surface area (Å²) >= 11 is 0. The van der Waals surface area contributed by atoms with Crippen LogP contribution in [0, 0.1) is 0 Å². The summed E-state index contributed by atoms with van der Waals surface area (Å²) in [5.41, 5.74) is 4.26. The van der Waals surface area contributed by atoms with E-state index in [2.05, 4.69) is 0 Å². The molecule has 96 valence electrons. The maximum Gasteiger partial charge on any atom is 0.416 e. The van der Waals surface area contributed by atoms with Crippen molar-refractivity contribution < 1.29 is 13.2 Å². The predicted molar refractivity (Wildman–Crippen MR) is 62.3 cm³/mol. The minimum absolute atomic E-state index is 0.263. The van der Waals surface area contributed by atoms with Gasteiger partial charge in [0.05, 0.1) is 5.56 Å². The maximum atomic E-state index is 12.5. The Bertz CT molecular complexity index is 631. The van der Waals surface area contributed by atoms with Crippen molar-refractivity contribution >= 4 is 10.8 Å². The molecule has 1 heterocycles. The maximum absolute atomic E-state index is 12.5. The highest BCUT2D eigenvalue weighted by Gasteiger charge is 2.30. The summed E-state index contributed by atoms with van der Waals surface area (Å²) in [6.07, 6.45) is -2.95. The molecule has 0 unspecified atom stereocenters. The highest BCUT2D eigenvalue weighted by molar-refractivity contribution is 5.82. The number of hydrogen-bond acceptors (Lipinski definition) is 2. The van der Waals surface area contributed by atoms with Crippen molar-refractivity contribution in [2.45, 2.75) is 12.7 Å². The predicted octanol–water partition coefficient (Wildman–Crippen LogP) is 1.98. The van der Waals surface area contributed by atoms with Gasteiger partial charge in [0.15, 0.2) is 0 Å². The summed E-state index contributed by atoms with van der Waals surface area (Å²) in [6, 6.07) is 4.58. The zero-order valence-electron chi connectivity index (χ0n) is 9.37. The Labute approximate surface area is 101 Å². The average Bonchev–Trinajstić information content (AvgIpc) is 2.31. The molecule has 0 amide bonds. The molecule has 0 radical (unpaired) electrons. The molecule has 0 aliphatic heterocycles. The molecule has 2 N–H and O–H groups in total. The molecule has 0 saturated carbocycles. The highest BCUT2D eigenvalue weighted by atomic mass is 19.4. The van der Waals surface area contributed by atoms with Crippen molar-refractivity contribution in [1.82, 2.24) is 4.57 Å². The summed E-state index contributed by atoms with van der Waals surface area (Å²) in [4.78, 5) is 11.9. The summed E-state index contributed by atoms with van der Waals surface area (Å²) in [7, 11) is 0. The van der Waals surface area contributed by atoms with Crippen molar-refractivity contribution in [3.05, 3.63) is 46.4 Å². The summed E-state index contributed by atoms with van der Waals surface area (Å²) < 4.78 is 38.9. The van der Waals surface area contributed by atoms with Crippen LogP contribution in [-0.4, -0.2) is 11.1 Å². The molecule has 0 atom stereocenters. The van der Waals surface area contributed by atoms with Gasteiger partial charge in [0, 0.05) is 24.7 Å². The first-order valence-corrected chi connectivity index (χ1v) is 5.34. The summed E-state index contributed by atoms with van der Waals surface area (Å²) in [6.45, 7) is 0.641. The SMILES string of the molecule is NCCn1ccc2cc(C(F)(F)F)ccc2c1=O. The van der Waals surface area contributed by atoms with E-state index in [4.69, 9.17) is 5.73 Å². The molecule has 0 spiro atoms. The van der Waals surface area contributed by atoms with Crippen molar-refractivity contribution in [1.29, 1.82) is 0 Å². The van der Waals surface area contributed by atoms with E-state index in [1.807, 2.05) is 0 Å². The summed E-state index contributed by atoms with van der Waals surface area (Å²) in [5.74, 6) is 0. The lowest BCUT2D eigenvalue weighted by atomic mass is 10.1. The molecule has 18 heavy (non-hydrogen) atoms. The zero-order valence-corrected chi connectivity index (χ0v) is 9.37. The minimum Gasteiger partial charge on any atom is -0.329 e. The van der Waals surface area contributed by atoms with E-state index in [1.54, 1.807) is 0 Å². The second-order valence-electron chi connectivity index (χ2n) is 3.90. The molecule has 0 aliphatic carbocycles. The van der Waals surface area contributed by atoms with Crippen LogP contribution < -0.4 is 11.3 Å². The van der Waals surface area contributed by atoms with Crippen molar-refractivity contribution in [3.63, 3.8) is 0 Å². The van der Waals surface area contributed by atoms with Gasteiger partial charge in [-0.05, 0) is 29.7 Å². The lowest BCUT2D eigenvalue weighted by Crippen LogP contribution is -2.23. The summed E-state index contributed by atoms with van der Waals surface area (Å²) in [5, 5.41) is 0.544.